The molecule has 0 saturated carbocycles. The third-order valence-corrected chi connectivity index (χ3v) is 4.06. The minimum absolute atomic E-state index is 0.0136. The highest BCUT2D eigenvalue weighted by atomic mass is 79.9. The summed E-state index contributed by atoms with van der Waals surface area (Å²) in [6.07, 6.45) is 0.337. The fourth-order valence-corrected chi connectivity index (χ4v) is 2.11. The van der Waals surface area contributed by atoms with Crippen LogP contribution < -0.4 is 11.1 Å². The first kappa shape index (κ1) is 17.2. The quantitative estimate of drug-likeness (QED) is 0.880. The number of nitrogens with two attached hydrogens (primary N) is 1. The van der Waals surface area contributed by atoms with Gasteiger partial charge in [-0.2, -0.15) is 0 Å². The molecule has 0 fully saturated rings. The Morgan fingerprint density at radius 1 is 1.20 bits per heavy atom. The molecule has 1 atom stereocenters. The van der Waals surface area contributed by atoms with E-state index in [1.807, 2.05) is 58.9 Å². The molecule has 0 radical (unpaired) electrons. The fraction of sp³-hybridized carbons (Fsp3) is 0.562. The van der Waals surface area contributed by atoms with Crippen molar-refractivity contribution in [3.63, 3.8) is 0 Å². The Bertz CT molecular complexity index is 460. The average Bonchev–Trinajstić information content (AvgIpc) is 2.27. The van der Waals surface area contributed by atoms with Crippen LogP contribution in [-0.2, 0) is 10.3 Å². The van der Waals surface area contributed by atoms with Crippen LogP contribution in [0.4, 0.5) is 0 Å². The monoisotopic (exact) mass is 340 g/mol. The zero-order valence-corrected chi connectivity index (χ0v) is 14.5. The van der Waals surface area contributed by atoms with Crippen molar-refractivity contribution < 1.29 is 4.79 Å². The Morgan fingerprint density at radius 3 is 2.15 bits per heavy atom. The molecular weight excluding hydrogens is 316 g/mol. The van der Waals surface area contributed by atoms with E-state index in [0.717, 1.165) is 10.0 Å². The van der Waals surface area contributed by atoms with Gasteiger partial charge in [-0.1, -0.05) is 48.8 Å². The number of hydrogen-bond acceptors (Lipinski definition) is 2. The van der Waals surface area contributed by atoms with Crippen molar-refractivity contribution in [1.82, 2.24) is 5.32 Å². The van der Waals surface area contributed by atoms with Gasteiger partial charge in [0.1, 0.15) is 0 Å². The zero-order valence-electron chi connectivity index (χ0n) is 13.0. The van der Waals surface area contributed by atoms with E-state index in [0.29, 0.717) is 6.42 Å². The number of carbonyl (C=O) groups excluding carboxylic acids is 1. The summed E-state index contributed by atoms with van der Waals surface area (Å²) in [6, 6.07) is 7.82. The van der Waals surface area contributed by atoms with Crippen LogP contribution in [0.25, 0.3) is 0 Å². The summed E-state index contributed by atoms with van der Waals surface area (Å²) < 4.78 is 1.03. The van der Waals surface area contributed by atoms with Crippen molar-refractivity contribution in [2.24, 2.45) is 11.1 Å². The molecule has 3 nitrogen and oxygen atoms in total. The number of rotatable bonds is 4. The number of halogens is 1. The van der Waals surface area contributed by atoms with Gasteiger partial charge in [0.25, 0.3) is 0 Å². The molecule has 112 valence electrons. The molecule has 0 saturated heterocycles. The van der Waals surface area contributed by atoms with Gasteiger partial charge < -0.3 is 11.1 Å². The van der Waals surface area contributed by atoms with Gasteiger partial charge in [0.15, 0.2) is 0 Å². The summed E-state index contributed by atoms with van der Waals surface area (Å²) >= 11 is 3.41. The lowest BCUT2D eigenvalue weighted by Crippen LogP contribution is -2.45. The van der Waals surface area contributed by atoms with Crippen LogP contribution in [0, 0.1) is 5.41 Å². The summed E-state index contributed by atoms with van der Waals surface area (Å²) in [5, 5.41) is 3.06. The van der Waals surface area contributed by atoms with Gasteiger partial charge in [0, 0.05) is 16.9 Å². The van der Waals surface area contributed by atoms with E-state index in [-0.39, 0.29) is 17.4 Å². The number of amides is 1. The van der Waals surface area contributed by atoms with Crippen LogP contribution in [0.15, 0.2) is 28.7 Å². The molecule has 0 aliphatic heterocycles. The zero-order chi connectivity index (χ0) is 15.6. The van der Waals surface area contributed by atoms with E-state index in [1.165, 1.54) is 0 Å². The van der Waals surface area contributed by atoms with Crippen LogP contribution in [0.1, 0.15) is 46.6 Å². The van der Waals surface area contributed by atoms with Crippen molar-refractivity contribution in [3.8, 4) is 0 Å². The molecule has 4 heteroatoms. The number of nitrogens with one attached hydrogen (secondary N) is 1. The smallest absolute Gasteiger partial charge is 0.222 e. The van der Waals surface area contributed by atoms with Gasteiger partial charge in [-0.3, -0.25) is 4.79 Å². The van der Waals surface area contributed by atoms with Gasteiger partial charge >= 0.3 is 0 Å². The topological polar surface area (TPSA) is 55.1 Å². The number of benzene rings is 1. The molecule has 1 amide bonds. The maximum absolute atomic E-state index is 12.2. The average molecular weight is 341 g/mol. The lowest BCUT2D eigenvalue weighted by molar-refractivity contribution is -0.123. The van der Waals surface area contributed by atoms with Gasteiger partial charge in [-0.15, -0.1) is 0 Å². The summed E-state index contributed by atoms with van der Waals surface area (Å²) in [5.41, 5.74) is 6.65. The molecule has 0 spiro atoms. The van der Waals surface area contributed by atoms with Gasteiger partial charge in [-0.05, 0) is 37.0 Å². The van der Waals surface area contributed by atoms with E-state index in [4.69, 9.17) is 5.73 Å². The lowest BCUT2D eigenvalue weighted by atomic mass is 9.85. The molecule has 0 aliphatic carbocycles. The Hall–Kier alpha value is -0.870. The van der Waals surface area contributed by atoms with Crippen molar-refractivity contribution in [3.05, 3.63) is 34.3 Å². The minimum atomic E-state index is -0.407. The molecule has 1 aromatic rings. The summed E-state index contributed by atoms with van der Waals surface area (Å²) in [5.74, 6) is -0.0136. The van der Waals surface area contributed by atoms with E-state index in [2.05, 4.69) is 21.2 Å². The number of carbonyl (C=O) groups is 1. The largest absolute Gasteiger partial charge is 0.347 e. The fourth-order valence-electron chi connectivity index (χ4n) is 1.84. The van der Waals surface area contributed by atoms with Crippen LogP contribution in [0.5, 0.6) is 0 Å². The van der Waals surface area contributed by atoms with Crippen LogP contribution >= 0.6 is 15.9 Å². The molecule has 0 aromatic heterocycles. The molecule has 1 aromatic carbocycles. The second-order valence-electron chi connectivity index (χ2n) is 6.86. The Balaban J connectivity index is 2.71. The first-order valence-electron chi connectivity index (χ1n) is 6.85. The summed E-state index contributed by atoms with van der Waals surface area (Å²) in [7, 11) is 0. The predicted octanol–water partition coefficient (Wildman–Crippen LogP) is 3.56. The normalized spacial score (nSPS) is 13.9. The molecule has 1 rings (SSSR count). The highest BCUT2D eigenvalue weighted by molar-refractivity contribution is 9.10. The highest BCUT2D eigenvalue weighted by Gasteiger charge is 2.27. The Morgan fingerprint density at radius 2 is 1.70 bits per heavy atom. The van der Waals surface area contributed by atoms with E-state index in [9.17, 15) is 4.79 Å². The molecule has 3 N–H and O–H groups in total. The lowest BCUT2D eigenvalue weighted by Gasteiger charge is -2.30. The Kier molecular flexibility index (Phi) is 5.39. The van der Waals surface area contributed by atoms with Crippen molar-refractivity contribution in [2.45, 2.75) is 52.6 Å². The third kappa shape index (κ3) is 4.91. The van der Waals surface area contributed by atoms with Crippen LogP contribution in [-0.4, -0.2) is 11.9 Å². The third-order valence-electron chi connectivity index (χ3n) is 3.54. The number of hydrogen-bond donors (Lipinski definition) is 2. The summed E-state index contributed by atoms with van der Waals surface area (Å²) in [6.45, 7) is 10.1. The molecule has 0 heterocycles. The first-order chi connectivity index (χ1) is 9.02. The second-order valence-corrected chi connectivity index (χ2v) is 7.77. The van der Waals surface area contributed by atoms with Crippen molar-refractivity contribution in [2.75, 3.05) is 0 Å². The second kappa shape index (κ2) is 6.27. The van der Waals surface area contributed by atoms with Crippen molar-refractivity contribution in [1.29, 1.82) is 0 Å². The van der Waals surface area contributed by atoms with Gasteiger partial charge in [-0.25, -0.2) is 0 Å². The maximum atomic E-state index is 12.2. The molecule has 0 bridgehead atoms. The molecule has 20 heavy (non-hydrogen) atoms. The summed E-state index contributed by atoms with van der Waals surface area (Å²) in [4.78, 5) is 12.2. The SMILES string of the molecule is CC(C)(NC(=O)CC(N)C(C)(C)C)c1ccc(Br)cc1. The van der Waals surface area contributed by atoms with Gasteiger partial charge in [0.2, 0.25) is 5.91 Å². The van der Waals surface area contributed by atoms with Gasteiger partial charge in [0.05, 0.1) is 5.54 Å². The van der Waals surface area contributed by atoms with E-state index >= 15 is 0 Å². The molecular formula is C16H25BrN2O. The highest BCUT2D eigenvalue weighted by Crippen LogP contribution is 2.24. The van der Waals surface area contributed by atoms with Crippen molar-refractivity contribution >= 4 is 21.8 Å². The maximum Gasteiger partial charge on any atom is 0.222 e. The molecule has 0 aliphatic rings. The van der Waals surface area contributed by atoms with Crippen LogP contribution in [0.3, 0.4) is 0 Å². The van der Waals surface area contributed by atoms with E-state index in [1.54, 1.807) is 0 Å². The minimum Gasteiger partial charge on any atom is -0.347 e. The van der Waals surface area contributed by atoms with E-state index < -0.39 is 5.54 Å². The Labute approximate surface area is 130 Å². The first-order valence-corrected chi connectivity index (χ1v) is 7.64. The predicted molar refractivity (Wildman–Crippen MR) is 87.4 cm³/mol. The van der Waals surface area contributed by atoms with Crippen LogP contribution in [0.2, 0.25) is 0 Å². The standard InChI is InChI=1S/C16H25BrN2O/c1-15(2,3)13(18)10-14(20)19-16(4,5)11-6-8-12(17)9-7-11/h6-9,13H,10,18H2,1-5H3,(H,19,20). The molecule has 1 unspecified atom stereocenters.